The van der Waals surface area contributed by atoms with Gasteiger partial charge in [-0.15, -0.1) is 0 Å². The molecule has 2 aromatic heterocycles. The van der Waals surface area contributed by atoms with Crippen LogP contribution in [0.5, 0.6) is 0 Å². The van der Waals surface area contributed by atoms with Crippen LogP contribution >= 0.6 is 0 Å². The molecule has 5 rings (SSSR count). The average molecular weight is 438 g/mol. The van der Waals surface area contributed by atoms with Gasteiger partial charge in [-0.25, -0.2) is 14.7 Å². The lowest BCUT2D eigenvalue weighted by molar-refractivity contribution is -0.145. The number of rotatable bonds is 5. The summed E-state index contributed by atoms with van der Waals surface area (Å²) in [5.74, 6) is -1.39. The summed E-state index contributed by atoms with van der Waals surface area (Å²) in [7, 11) is 0. The Morgan fingerprint density at radius 3 is 2.44 bits per heavy atom. The van der Waals surface area contributed by atoms with Crippen molar-refractivity contribution < 1.29 is 28.0 Å². The molecule has 2 aliphatic heterocycles. The maximum Gasteiger partial charge on any atom is 0.334 e. The highest BCUT2D eigenvalue weighted by atomic mass is 16.3. The van der Waals surface area contributed by atoms with Gasteiger partial charge in [0.15, 0.2) is 0 Å². The van der Waals surface area contributed by atoms with E-state index in [2.05, 4.69) is 5.10 Å². The summed E-state index contributed by atoms with van der Waals surface area (Å²) in [6.45, 7) is -0.571. The molecule has 3 aliphatic rings. The first-order chi connectivity index (χ1) is 15.5. The summed E-state index contributed by atoms with van der Waals surface area (Å²) in [5, 5.41) is 5.59. The molecule has 10 nitrogen and oxygen atoms in total. The molecule has 4 heterocycles. The van der Waals surface area contributed by atoms with Crippen molar-refractivity contribution in [1.29, 1.82) is 0 Å². The Balaban J connectivity index is 1.37. The molecule has 1 aliphatic carbocycles. The minimum atomic E-state index is -0.974. The first kappa shape index (κ1) is 20.2. The van der Waals surface area contributed by atoms with Crippen LogP contribution in [0.25, 0.3) is 0 Å². The van der Waals surface area contributed by atoms with E-state index in [1.807, 2.05) is 0 Å². The van der Waals surface area contributed by atoms with Crippen molar-refractivity contribution in [3.8, 4) is 0 Å². The van der Waals surface area contributed by atoms with Crippen LogP contribution < -0.4 is 0 Å². The zero-order valence-corrected chi connectivity index (χ0v) is 17.3. The van der Waals surface area contributed by atoms with Gasteiger partial charge in [0.2, 0.25) is 0 Å². The number of hydrogen-bond donors (Lipinski definition) is 0. The first-order valence-electron chi connectivity index (χ1n) is 10.7. The second-order valence-corrected chi connectivity index (χ2v) is 8.14. The molecule has 0 radical (unpaired) electrons. The number of furan rings is 2. The third-order valence-corrected chi connectivity index (χ3v) is 6.16. The van der Waals surface area contributed by atoms with Crippen molar-refractivity contribution in [3.05, 3.63) is 48.3 Å². The maximum absolute atomic E-state index is 13.2. The molecule has 0 aromatic carbocycles. The van der Waals surface area contributed by atoms with Crippen molar-refractivity contribution in [2.24, 2.45) is 5.10 Å². The largest absolute Gasteiger partial charge is 0.467 e. The fourth-order valence-electron chi connectivity index (χ4n) is 4.57. The van der Waals surface area contributed by atoms with Gasteiger partial charge in [0.05, 0.1) is 12.5 Å². The standard InChI is InChI=1S/C22H22N4O6/c27-19(13-24-20(28)21(29)25(22(24)30)14-6-2-1-3-7-14)26-16(18-9-5-11-32-18)12-15(23-26)17-8-4-10-31-17/h4-5,8-11,14,16H,1-3,6-7,12-13H2. The molecule has 0 bridgehead atoms. The second kappa shape index (κ2) is 8.10. The number of hydrazone groups is 1. The van der Waals surface area contributed by atoms with Crippen LogP contribution in [-0.4, -0.2) is 56.9 Å². The Kier molecular flexibility index (Phi) is 5.12. The molecular weight excluding hydrogens is 416 g/mol. The predicted molar refractivity (Wildman–Crippen MR) is 109 cm³/mol. The minimum absolute atomic E-state index is 0.293. The normalized spacial score (nSPS) is 22.2. The number of hydrogen-bond acceptors (Lipinski definition) is 7. The van der Waals surface area contributed by atoms with E-state index >= 15 is 0 Å². The lowest BCUT2D eigenvalue weighted by Crippen LogP contribution is -2.44. The molecule has 2 fully saturated rings. The zero-order valence-electron chi connectivity index (χ0n) is 17.3. The summed E-state index contributed by atoms with van der Waals surface area (Å²) in [5.41, 5.74) is 0.545. The lowest BCUT2D eigenvalue weighted by Gasteiger charge is -2.28. The Hall–Kier alpha value is -3.69. The van der Waals surface area contributed by atoms with Crippen molar-refractivity contribution in [3.63, 3.8) is 0 Å². The summed E-state index contributed by atoms with van der Waals surface area (Å²) in [6, 6.07) is 5.32. The van der Waals surface area contributed by atoms with Crippen molar-refractivity contribution in [2.45, 2.75) is 50.6 Å². The van der Waals surface area contributed by atoms with Crippen LogP contribution in [-0.2, 0) is 14.4 Å². The molecular formula is C22H22N4O6. The van der Waals surface area contributed by atoms with E-state index in [4.69, 9.17) is 8.83 Å². The number of carbonyl (C=O) groups is 4. The molecule has 0 N–H and O–H groups in total. The van der Waals surface area contributed by atoms with Gasteiger partial charge in [0.25, 0.3) is 5.91 Å². The highest BCUT2D eigenvalue weighted by Crippen LogP contribution is 2.34. The van der Waals surface area contributed by atoms with Crippen LogP contribution in [0.4, 0.5) is 4.79 Å². The van der Waals surface area contributed by atoms with E-state index < -0.39 is 36.3 Å². The Morgan fingerprint density at radius 2 is 1.75 bits per heavy atom. The first-order valence-corrected chi connectivity index (χ1v) is 10.7. The SMILES string of the molecule is O=C1C(=O)N(C2CCCCC2)C(=O)N1CC(=O)N1N=C(c2ccco2)CC1c1ccco1. The van der Waals surface area contributed by atoms with Crippen LogP contribution in [0.3, 0.4) is 0 Å². The average Bonchev–Trinajstić information content (AvgIpc) is 3.59. The van der Waals surface area contributed by atoms with Gasteiger partial charge in [0.1, 0.15) is 29.8 Å². The van der Waals surface area contributed by atoms with E-state index in [0.29, 0.717) is 36.5 Å². The van der Waals surface area contributed by atoms with Crippen molar-refractivity contribution >= 4 is 29.5 Å². The summed E-state index contributed by atoms with van der Waals surface area (Å²) in [6.07, 6.45) is 7.56. The van der Waals surface area contributed by atoms with E-state index in [-0.39, 0.29) is 6.04 Å². The molecule has 2 aromatic rings. The number of imide groups is 2. The topological polar surface area (TPSA) is 117 Å². The third-order valence-electron chi connectivity index (χ3n) is 6.16. The molecule has 1 saturated carbocycles. The van der Waals surface area contributed by atoms with Gasteiger partial charge in [-0.2, -0.15) is 5.10 Å². The number of urea groups is 1. The monoisotopic (exact) mass is 438 g/mol. The van der Waals surface area contributed by atoms with Crippen LogP contribution in [0.1, 0.15) is 56.1 Å². The minimum Gasteiger partial charge on any atom is -0.467 e. The summed E-state index contributed by atoms with van der Waals surface area (Å²) in [4.78, 5) is 52.9. The molecule has 1 atom stereocenters. The molecule has 1 unspecified atom stereocenters. The van der Waals surface area contributed by atoms with Gasteiger partial charge in [-0.1, -0.05) is 19.3 Å². The highest BCUT2D eigenvalue weighted by Gasteiger charge is 2.49. The zero-order chi connectivity index (χ0) is 22.2. The molecule has 1 saturated heterocycles. The van der Waals surface area contributed by atoms with Gasteiger partial charge < -0.3 is 8.83 Å². The third kappa shape index (κ3) is 3.41. The van der Waals surface area contributed by atoms with Crippen LogP contribution in [0, 0.1) is 0 Å². The Morgan fingerprint density at radius 1 is 1.00 bits per heavy atom. The number of carbonyl (C=O) groups excluding carboxylic acids is 4. The smallest absolute Gasteiger partial charge is 0.334 e. The predicted octanol–water partition coefficient (Wildman–Crippen LogP) is 2.67. The number of nitrogens with zero attached hydrogens (tertiary/aromatic N) is 4. The van der Waals surface area contributed by atoms with Gasteiger partial charge >= 0.3 is 17.8 Å². The van der Waals surface area contributed by atoms with Crippen LogP contribution in [0.15, 0.2) is 50.7 Å². The Labute approximate surface area is 183 Å². The van der Waals surface area contributed by atoms with E-state index in [1.54, 1.807) is 24.3 Å². The van der Waals surface area contributed by atoms with Crippen LogP contribution in [0.2, 0.25) is 0 Å². The van der Waals surface area contributed by atoms with E-state index in [1.165, 1.54) is 17.5 Å². The molecule has 5 amide bonds. The van der Waals surface area contributed by atoms with Gasteiger partial charge in [0, 0.05) is 12.5 Å². The van der Waals surface area contributed by atoms with E-state index in [0.717, 1.165) is 29.1 Å². The maximum atomic E-state index is 13.2. The lowest BCUT2D eigenvalue weighted by atomic mass is 9.94. The Bertz CT molecular complexity index is 1070. The number of amides is 5. The quantitative estimate of drug-likeness (QED) is 0.523. The van der Waals surface area contributed by atoms with Crippen molar-refractivity contribution in [1.82, 2.24) is 14.8 Å². The fraction of sp³-hybridized carbons (Fsp3) is 0.409. The molecule has 10 heteroatoms. The molecule has 166 valence electrons. The molecule has 32 heavy (non-hydrogen) atoms. The second-order valence-electron chi connectivity index (χ2n) is 8.14. The van der Waals surface area contributed by atoms with Gasteiger partial charge in [-0.05, 0) is 37.1 Å². The highest BCUT2D eigenvalue weighted by molar-refractivity contribution is 6.45. The van der Waals surface area contributed by atoms with Gasteiger partial charge in [-0.3, -0.25) is 19.3 Å². The molecule has 0 spiro atoms. The van der Waals surface area contributed by atoms with Crippen molar-refractivity contribution in [2.75, 3.05) is 6.54 Å². The summed E-state index contributed by atoms with van der Waals surface area (Å²) < 4.78 is 10.9. The fourth-order valence-corrected chi connectivity index (χ4v) is 4.57. The summed E-state index contributed by atoms with van der Waals surface area (Å²) >= 11 is 0. The van der Waals surface area contributed by atoms with E-state index in [9.17, 15) is 19.2 Å².